The summed E-state index contributed by atoms with van der Waals surface area (Å²) >= 11 is 0. The Hall–Kier alpha value is -0.830. The lowest BCUT2D eigenvalue weighted by Crippen LogP contribution is -2.27. The van der Waals surface area contributed by atoms with E-state index in [0.29, 0.717) is 18.6 Å². The van der Waals surface area contributed by atoms with Crippen LogP contribution in [-0.2, 0) is 9.53 Å². The van der Waals surface area contributed by atoms with Crippen LogP contribution in [0.15, 0.2) is 12.2 Å². The van der Waals surface area contributed by atoms with Gasteiger partial charge in [0.1, 0.15) is 0 Å². The van der Waals surface area contributed by atoms with Crippen LogP contribution in [0.2, 0.25) is 0 Å². The van der Waals surface area contributed by atoms with Crippen molar-refractivity contribution in [3.05, 3.63) is 12.2 Å². The SMILES string of the molecule is C=C(CC)C(=O)OCCCCN(CCCC)CCCC. The van der Waals surface area contributed by atoms with E-state index in [1.165, 1.54) is 38.8 Å². The van der Waals surface area contributed by atoms with Gasteiger partial charge < -0.3 is 9.64 Å². The van der Waals surface area contributed by atoms with Crippen molar-refractivity contribution in [3.63, 3.8) is 0 Å². The molecule has 20 heavy (non-hydrogen) atoms. The Balaban J connectivity index is 3.71. The Morgan fingerprint density at radius 3 is 2.00 bits per heavy atom. The van der Waals surface area contributed by atoms with Gasteiger partial charge in [0.15, 0.2) is 0 Å². The van der Waals surface area contributed by atoms with Gasteiger partial charge in [0.25, 0.3) is 0 Å². The fourth-order valence-electron chi connectivity index (χ4n) is 1.95. The van der Waals surface area contributed by atoms with E-state index in [1.54, 1.807) is 0 Å². The maximum atomic E-state index is 11.4. The average Bonchev–Trinajstić information content (AvgIpc) is 2.47. The second-order valence-electron chi connectivity index (χ2n) is 5.35. The molecule has 0 saturated carbocycles. The zero-order valence-electron chi connectivity index (χ0n) is 13.7. The number of carbonyl (C=O) groups excluding carboxylic acids is 1. The predicted octanol–water partition coefficient (Wildman–Crippen LogP) is 4.18. The zero-order valence-corrected chi connectivity index (χ0v) is 13.7. The van der Waals surface area contributed by atoms with Gasteiger partial charge in [-0.2, -0.15) is 0 Å². The molecule has 0 rings (SSSR count). The maximum absolute atomic E-state index is 11.4. The van der Waals surface area contributed by atoms with Gasteiger partial charge in [-0.25, -0.2) is 4.79 Å². The van der Waals surface area contributed by atoms with Crippen molar-refractivity contribution in [2.24, 2.45) is 0 Å². The Kier molecular flexibility index (Phi) is 12.6. The molecule has 0 saturated heterocycles. The van der Waals surface area contributed by atoms with Crippen LogP contribution in [0.1, 0.15) is 65.7 Å². The van der Waals surface area contributed by atoms with Gasteiger partial charge in [-0.15, -0.1) is 0 Å². The molecule has 0 atom stereocenters. The van der Waals surface area contributed by atoms with E-state index in [2.05, 4.69) is 25.3 Å². The first-order valence-corrected chi connectivity index (χ1v) is 8.22. The summed E-state index contributed by atoms with van der Waals surface area (Å²) in [6.07, 6.45) is 7.75. The van der Waals surface area contributed by atoms with E-state index >= 15 is 0 Å². The third kappa shape index (κ3) is 10.0. The number of hydrogen-bond acceptors (Lipinski definition) is 3. The molecule has 3 nitrogen and oxygen atoms in total. The summed E-state index contributed by atoms with van der Waals surface area (Å²) in [6.45, 7) is 14.1. The summed E-state index contributed by atoms with van der Waals surface area (Å²) in [5.74, 6) is -0.235. The van der Waals surface area contributed by atoms with Gasteiger partial charge in [0.05, 0.1) is 6.61 Å². The third-order valence-electron chi connectivity index (χ3n) is 3.47. The number of nitrogens with zero attached hydrogens (tertiary/aromatic N) is 1. The Morgan fingerprint density at radius 2 is 1.50 bits per heavy atom. The van der Waals surface area contributed by atoms with Crippen LogP contribution in [0.5, 0.6) is 0 Å². The molecule has 0 aromatic heterocycles. The van der Waals surface area contributed by atoms with Crippen molar-refractivity contribution in [3.8, 4) is 0 Å². The highest BCUT2D eigenvalue weighted by Crippen LogP contribution is 2.04. The molecular weight excluding hydrogens is 250 g/mol. The molecule has 0 aromatic rings. The molecule has 0 aliphatic carbocycles. The van der Waals surface area contributed by atoms with Gasteiger partial charge in [-0.1, -0.05) is 40.2 Å². The molecule has 0 N–H and O–H groups in total. The van der Waals surface area contributed by atoms with Crippen LogP contribution in [0, 0.1) is 0 Å². The van der Waals surface area contributed by atoms with Crippen molar-refractivity contribution >= 4 is 5.97 Å². The molecule has 0 heterocycles. The summed E-state index contributed by atoms with van der Waals surface area (Å²) in [4.78, 5) is 14.0. The van der Waals surface area contributed by atoms with Crippen LogP contribution >= 0.6 is 0 Å². The summed E-state index contributed by atoms with van der Waals surface area (Å²) in [7, 11) is 0. The van der Waals surface area contributed by atoms with Crippen molar-refractivity contribution in [2.75, 3.05) is 26.2 Å². The normalized spacial score (nSPS) is 10.8. The van der Waals surface area contributed by atoms with Crippen LogP contribution in [-0.4, -0.2) is 37.1 Å². The topological polar surface area (TPSA) is 29.5 Å². The predicted molar refractivity (Wildman–Crippen MR) is 85.9 cm³/mol. The van der Waals surface area contributed by atoms with Crippen LogP contribution in [0.3, 0.4) is 0 Å². The molecule has 0 fully saturated rings. The third-order valence-corrected chi connectivity index (χ3v) is 3.47. The second kappa shape index (κ2) is 13.2. The molecule has 118 valence electrons. The van der Waals surface area contributed by atoms with Crippen LogP contribution in [0.4, 0.5) is 0 Å². The number of ether oxygens (including phenoxy) is 1. The molecule has 0 unspecified atom stereocenters. The standard InChI is InChI=1S/C17H33NO2/c1-5-8-12-18(13-9-6-2)14-10-11-15-20-17(19)16(4)7-3/h4-15H2,1-3H3. The zero-order chi connectivity index (χ0) is 15.2. The van der Waals surface area contributed by atoms with Crippen LogP contribution < -0.4 is 0 Å². The van der Waals surface area contributed by atoms with E-state index in [0.717, 1.165) is 19.4 Å². The molecule has 0 radical (unpaired) electrons. The lowest BCUT2D eigenvalue weighted by atomic mass is 10.2. The van der Waals surface area contributed by atoms with Gasteiger partial charge in [-0.3, -0.25) is 0 Å². The van der Waals surface area contributed by atoms with Crippen molar-refractivity contribution < 1.29 is 9.53 Å². The Bertz CT molecular complexity index is 256. The molecule has 3 heteroatoms. The lowest BCUT2D eigenvalue weighted by Gasteiger charge is -2.21. The van der Waals surface area contributed by atoms with Crippen molar-refractivity contribution in [1.29, 1.82) is 0 Å². The van der Waals surface area contributed by atoms with E-state index in [-0.39, 0.29) is 5.97 Å². The van der Waals surface area contributed by atoms with Gasteiger partial charge in [0, 0.05) is 5.57 Å². The summed E-state index contributed by atoms with van der Waals surface area (Å²) in [6, 6.07) is 0. The Morgan fingerprint density at radius 1 is 0.950 bits per heavy atom. The highest BCUT2D eigenvalue weighted by atomic mass is 16.5. The number of carbonyl (C=O) groups is 1. The molecule has 0 amide bonds. The van der Waals surface area contributed by atoms with Crippen LogP contribution in [0.25, 0.3) is 0 Å². The smallest absolute Gasteiger partial charge is 0.333 e. The first kappa shape index (κ1) is 19.2. The van der Waals surface area contributed by atoms with Gasteiger partial charge >= 0.3 is 5.97 Å². The maximum Gasteiger partial charge on any atom is 0.333 e. The van der Waals surface area contributed by atoms with Gasteiger partial charge in [0.2, 0.25) is 0 Å². The number of hydrogen-bond donors (Lipinski definition) is 0. The highest BCUT2D eigenvalue weighted by Gasteiger charge is 2.06. The fraction of sp³-hybridized carbons (Fsp3) is 0.824. The van der Waals surface area contributed by atoms with E-state index in [4.69, 9.17) is 4.74 Å². The minimum absolute atomic E-state index is 0.235. The minimum Gasteiger partial charge on any atom is -0.462 e. The monoisotopic (exact) mass is 283 g/mol. The average molecular weight is 283 g/mol. The molecule has 0 bridgehead atoms. The summed E-state index contributed by atoms with van der Waals surface area (Å²) in [5.41, 5.74) is 0.567. The minimum atomic E-state index is -0.235. The largest absolute Gasteiger partial charge is 0.462 e. The summed E-state index contributed by atoms with van der Waals surface area (Å²) < 4.78 is 5.18. The Labute approximate surface area is 125 Å². The molecule has 0 aliphatic heterocycles. The first-order chi connectivity index (χ1) is 9.65. The molecule has 0 aliphatic rings. The quantitative estimate of drug-likeness (QED) is 0.288. The molecule has 0 aromatic carbocycles. The van der Waals surface area contributed by atoms with E-state index in [1.807, 2.05) is 6.92 Å². The van der Waals surface area contributed by atoms with E-state index in [9.17, 15) is 4.79 Å². The molecule has 0 spiro atoms. The number of esters is 1. The highest BCUT2D eigenvalue weighted by molar-refractivity contribution is 5.87. The van der Waals surface area contributed by atoms with E-state index < -0.39 is 0 Å². The second-order valence-corrected chi connectivity index (χ2v) is 5.35. The van der Waals surface area contributed by atoms with Crippen molar-refractivity contribution in [2.45, 2.75) is 65.7 Å². The lowest BCUT2D eigenvalue weighted by molar-refractivity contribution is -0.139. The number of rotatable bonds is 13. The number of unbranched alkanes of at least 4 members (excludes halogenated alkanes) is 3. The first-order valence-electron chi connectivity index (χ1n) is 8.22. The fourth-order valence-corrected chi connectivity index (χ4v) is 1.95. The van der Waals surface area contributed by atoms with Crippen molar-refractivity contribution in [1.82, 2.24) is 4.90 Å². The molecular formula is C17H33NO2. The van der Waals surface area contributed by atoms with Gasteiger partial charge in [-0.05, 0) is 51.7 Å². The summed E-state index contributed by atoms with van der Waals surface area (Å²) in [5, 5.41) is 0.